The third kappa shape index (κ3) is 2.60. The van der Waals surface area contributed by atoms with E-state index in [-0.39, 0.29) is 10.5 Å². The number of rotatable bonds is 3. The van der Waals surface area contributed by atoms with Crippen molar-refractivity contribution in [3.8, 4) is 0 Å². The van der Waals surface area contributed by atoms with E-state index in [2.05, 4.69) is 10.1 Å². The number of aryl methyl sites for hydroxylation is 1. The van der Waals surface area contributed by atoms with Gasteiger partial charge < -0.3 is 5.73 Å². The van der Waals surface area contributed by atoms with Gasteiger partial charge >= 0.3 is 0 Å². The van der Waals surface area contributed by atoms with Crippen LogP contribution in [0.15, 0.2) is 35.3 Å². The number of hydrogen-bond donors (Lipinski definition) is 1. The van der Waals surface area contributed by atoms with Gasteiger partial charge in [0, 0.05) is 17.8 Å². The lowest BCUT2D eigenvalue weighted by Gasteiger charge is -2.08. The van der Waals surface area contributed by atoms with Gasteiger partial charge in [0.1, 0.15) is 10.7 Å². The number of thiocarbonyl (C=S) groups is 1. The highest BCUT2D eigenvalue weighted by Gasteiger charge is 2.08. The minimum atomic E-state index is -0.168. The highest BCUT2D eigenvalue weighted by Crippen LogP contribution is 2.06. The van der Waals surface area contributed by atoms with E-state index in [1.807, 2.05) is 13.0 Å². The predicted octanol–water partition coefficient (Wildman–Crippen LogP) is 0.629. The van der Waals surface area contributed by atoms with Crippen LogP contribution in [-0.2, 0) is 6.54 Å². The van der Waals surface area contributed by atoms with E-state index >= 15 is 0 Å². The summed E-state index contributed by atoms with van der Waals surface area (Å²) < 4.78 is 1.37. The Labute approximate surface area is 109 Å². The van der Waals surface area contributed by atoms with E-state index in [0.29, 0.717) is 12.2 Å². The fraction of sp³-hybridized carbons (Fsp3) is 0.167. The summed E-state index contributed by atoms with van der Waals surface area (Å²) in [6.07, 6.45) is 1.62. The quantitative estimate of drug-likeness (QED) is 0.819. The second-order valence-electron chi connectivity index (χ2n) is 3.85. The maximum absolute atomic E-state index is 11.7. The highest BCUT2D eigenvalue weighted by atomic mass is 32.1. The first-order valence-corrected chi connectivity index (χ1v) is 5.77. The van der Waals surface area contributed by atoms with Gasteiger partial charge in [-0.2, -0.15) is 5.10 Å². The Bertz CT molecular complexity index is 651. The molecule has 2 aromatic heterocycles. The second kappa shape index (κ2) is 5.05. The van der Waals surface area contributed by atoms with Crippen molar-refractivity contribution in [3.63, 3.8) is 0 Å². The third-order valence-corrected chi connectivity index (χ3v) is 2.64. The Morgan fingerprint density at radius 1 is 1.44 bits per heavy atom. The molecular formula is C12H12N4OS. The zero-order valence-electron chi connectivity index (χ0n) is 9.83. The smallest absolute Gasteiger partial charge is 0.267 e. The van der Waals surface area contributed by atoms with Crippen molar-refractivity contribution in [2.24, 2.45) is 5.73 Å². The summed E-state index contributed by atoms with van der Waals surface area (Å²) in [6.45, 7) is 2.13. The van der Waals surface area contributed by atoms with Crippen LogP contribution in [0, 0.1) is 6.92 Å². The van der Waals surface area contributed by atoms with E-state index in [1.165, 1.54) is 10.7 Å². The largest absolute Gasteiger partial charge is 0.388 e. The SMILES string of the molecule is Cc1ccc(=O)n(Cc2cccnc2C(N)=S)n1. The lowest BCUT2D eigenvalue weighted by atomic mass is 10.2. The first-order valence-electron chi connectivity index (χ1n) is 5.36. The van der Waals surface area contributed by atoms with Gasteiger partial charge in [0.15, 0.2) is 0 Å². The minimum absolute atomic E-state index is 0.168. The van der Waals surface area contributed by atoms with Crippen LogP contribution in [0.2, 0.25) is 0 Å². The summed E-state index contributed by atoms with van der Waals surface area (Å²) in [5.74, 6) is 0. The van der Waals surface area contributed by atoms with Crippen LogP contribution in [-0.4, -0.2) is 19.8 Å². The highest BCUT2D eigenvalue weighted by molar-refractivity contribution is 7.80. The Balaban J connectivity index is 2.43. The summed E-state index contributed by atoms with van der Waals surface area (Å²) >= 11 is 4.93. The molecule has 0 fully saturated rings. The fourth-order valence-electron chi connectivity index (χ4n) is 1.61. The van der Waals surface area contributed by atoms with Crippen LogP contribution in [0.3, 0.4) is 0 Å². The molecule has 0 saturated carbocycles. The van der Waals surface area contributed by atoms with Gasteiger partial charge in [-0.25, -0.2) is 4.68 Å². The first-order chi connectivity index (χ1) is 8.58. The monoisotopic (exact) mass is 260 g/mol. The molecule has 92 valence electrons. The topological polar surface area (TPSA) is 73.8 Å². The third-order valence-electron chi connectivity index (χ3n) is 2.44. The van der Waals surface area contributed by atoms with E-state index in [1.54, 1.807) is 18.3 Å². The van der Waals surface area contributed by atoms with Crippen LogP contribution >= 0.6 is 12.2 Å². The Morgan fingerprint density at radius 3 is 2.94 bits per heavy atom. The van der Waals surface area contributed by atoms with Crippen LogP contribution in [0.4, 0.5) is 0 Å². The molecule has 2 aromatic rings. The standard InChI is InChI=1S/C12H12N4OS/c1-8-4-5-10(17)16(15-8)7-9-3-2-6-14-11(9)12(13)18/h2-6H,7H2,1H3,(H2,13,18). The van der Waals surface area contributed by atoms with Crippen molar-refractivity contribution in [3.05, 3.63) is 57.8 Å². The van der Waals surface area contributed by atoms with E-state index in [4.69, 9.17) is 18.0 Å². The molecule has 5 nitrogen and oxygen atoms in total. The molecule has 0 aliphatic heterocycles. The summed E-state index contributed by atoms with van der Waals surface area (Å²) in [5, 5.41) is 4.16. The maximum atomic E-state index is 11.7. The zero-order valence-corrected chi connectivity index (χ0v) is 10.6. The van der Waals surface area contributed by atoms with Gasteiger partial charge in [0.2, 0.25) is 0 Å². The first kappa shape index (κ1) is 12.4. The molecule has 2 rings (SSSR count). The van der Waals surface area contributed by atoms with Crippen molar-refractivity contribution < 1.29 is 0 Å². The Kier molecular flexibility index (Phi) is 3.47. The molecule has 0 spiro atoms. The Hall–Kier alpha value is -2.08. The van der Waals surface area contributed by atoms with Gasteiger partial charge in [0.05, 0.1) is 12.2 Å². The van der Waals surface area contributed by atoms with Crippen molar-refractivity contribution in [2.75, 3.05) is 0 Å². The molecule has 6 heteroatoms. The average Bonchev–Trinajstić information content (AvgIpc) is 2.34. The van der Waals surface area contributed by atoms with E-state index in [9.17, 15) is 4.79 Å². The van der Waals surface area contributed by atoms with E-state index in [0.717, 1.165) is 11.3 Å². The maximum Gasteiger partial charge on any atom is 0.267 e. The van der Waals surface area contributed by atoms with Gasteiger partial charge in [-0.1, -0.05) is 18.3 Å². The second-order valence-corrected chi connectivity index (χ2v) is 4.29. The summed E-state index contributed by atoms with van der Waals surface area (Å²) in [7, 11) is 0. The van der Waals surface area contributed by atoms with Gasteiger partial charge in [-0.05, 0) is 19.1 Å². The molecule has 0 aliphatic carbocycles. The molecule has 0 aromatic carbocycles. The average molecular weight is 260 g/mol. The molecule has 0 unspecified atom stereocenters. The van der Waals surface area contributed by atoms with Crippen LogP contribution in [0.5, 0.6) is 0 Å². The minimum Gasteiger partial charge on any atom is -0.388 e. The molecule has 2 N–H and O–H groups in total. The molecule has 0 atom stereocenters. The van der Waals surface area contributed by atoms with Gasteiger partial charge in [0.25, 0.3) is 5.56 Å². The summed E-state index contributed by atoms with van der Waals surface area (Å²) in [4.78, 5) is 16.0. The molecule has 0 amide bonds. The number of nitrogens with zero attached hydrogens (tertiary/aromatic N) is 3. The van der Waals surface area contributed by atoms with Crippen molar-refractivity contribution in [2.45, 2.75) is 13.5 Å². The van der Waals surface area contributed by atoms with Crippen molar-refractivity contribution >= 4 is 17.2 Å². The molecule has 2 heterocycles. The number of nitrogens with two attached hydrogens (primary N) is 1. The lowest BCUT2D eigenvalue weighted by Crippen LogP contribution is -2.25. The summed E-state index contributed by atoms with van der Waals surface area (Å²) in [6, 6.07) is 6.77. The Morgan fingerprint density at radius 2 is 2.22 bits per heavy atom. The van der Waals surface area contributed by atoms with E-state index < -0.39 is 0 Å². The molecule has 0 aliphatic rings. The zero-order chi connectivity index (χ0) is 13.1. The predicted molar refractivity (Wildman–Crippen MR) is 72.5 cm³/mol. The van der Waals surface area contributed by atoms with Crippen LogP contribution < -0.4 is 11.3 Å². The lowest BCUT2D eigenvalue weighted by molar-refractivity contribution is 0.626. The number of pyridine rings is 1. The number of hydrogen-bond acceptors (Lipinski definition) is 4. The number of aromatic nitrogens is 3. The summed E-state index contributed by atoms with van der Waals surface area (Å²) in [5.41, 5.74) is 7.52. The molecule has 0 saturated heterocycles. The van der Waals surface area contributed by atoms with Crippen LogP contribution in [0.1, 0.15) is 17.0 Å². The normalized spacial score (nSPS) is 10.3. The van der Waals surface area contributed by atoms with Gasteiger partial charge in [-0.15, -0.1) is 0 Å². The van der Waals surface area contributed by atoms with Crippen molar-refractivity contribution in [1.82, 2.24) is 14.8 Å². The molecule has 0 radical (unpaired) electrons. The van der Waals surface area contributed by atoms with Crippen LogP contribution in [0.25, 0.3) is 0 Å². The molecule has 0 bridgehead atoms. The van der Waals surface area contributed by atoms with Crippen molar-refractivity contribution in [1.29, 1.82) is 0 Å². The fourth-order valence-corrected chi connectivity index (χ4v) is 1.80. The van der Waals surface area contributed by atoms with Gasteiger partial charge in [-0.3, -0.25) is 9.78 Å². The molecule has 18 heavy (non-hydrogen) atoms. The molecular weight excluding hydrogens is 248 g/mol.